The summed E-state index contributed by atoms with van der Waals surface area (Å²) in [5.41, 5.74) is 11.0. The first-order valence-electron chi connectivity index (χ1n) is 8.04. The Kier molecular flexibility index (Phi) is 25.2. The minimum absolute atomic E-state index is 0. The van der Waals surface area contributed by atoms with Crippen LogP contribution in [0.3, 0.4) is 0 Å². The van der Waals surface area contributed by atoms with Gasteiger partial charge in [-0.3, -0.25) is 4.79 Å². The number of hydrogen-bond acceptors (Lipinski definition) is 4. The highest BCUT2D eigenvalue weighted by Crippen LogP contribution is 1.98. The van der Waals surface area contributed by atoms with Gasteiger partial charge in [0.15, 0.2) is 0 Å². The number of nitrogens with two attached hydrogens (primary N) is 2. The summed E-state index contributed by atoms with van der Waals surface area (Å²) in [6, 6.07) is 0.118. The second-order valence-corrected chi connectivity index (χ2v) is 4.29. The third-order valence-corrected chi connectivity index (χ3v) is 2.27. The maximum atomic E-state index is 11.4. The van der Waals surface area contributed by atoms with Crippen molar-refractivity contribution in [2.24, 2.45) is 11.5 Å². The average molecular weight is 299 g/mol. The number of rotatable bonds is 9. The van der Waals surface area contributed by atoms with Crippen molar-refractivity contribution in [3.8, 4) is 0 Å². The van der Waals surface area contributed by atoms with Gasteiger partial charge < -0.3 is 22.1 Å². The maximum Gasteiger partial charge on any atom is 0.236 e. The van der Waals surface area contributed by atoms with E-state index in [2.05, 4.69) is 24.5 Å². The standard InChI is InChI=1S/C11H26N4O.2C2H6.4H2/c1-9(2)14-7-4-3-5-10(13)11(16)15-8-6-12;2*1-2;;;;/h9-10,14H,3-8,12-13H2,1-2H3,(H,15,16);2*1-2H3;4*1H. The molecule has 0 aliphatic heterocycles. The summed E-state index contributed by atoms with van der Waals surface area (Å²) in [5, 5.41) is 6.01. The maximum absolute atomic E-state index is 11.4. The zero-order valence-corrected chi connectivity index (χ0v) is 14.5. The molecular formula is C15H46N4O. The molecule has 0 aromatic carbocycles. The van der Waals surface area contributed by atoms with Crippen molar-refractivity contribution < 1.29 is 10.5 Å². The molecule has 0 aliphatic rings. The predicted molar refractivity (Wildman–Crippen MR) is 98.2 cm³/mol. The highest BCUT2D eigenvalue weighted by molar-refractivity contribution is 5.81. The number of carbonyl (C=O) groups is 1. The molecule has 0 rings (SSSR count). The van der Waals surface area contributed by atoms with E-state index in [0.717, 1.165) is 25.8 Å². The molecule has 0 saturated carbocycles. The Morgan fingerprint density at radius 2 is 1.65 bits per heavy atom. The minimum atomic E-state index is -0.398. The van der Waals surface area contributed by atoms with E-state index in [0.29, 0.717) is 19.1 Å². The van der Waals surface area contributed by atoms with Gasteiger partial charge in [-0.1, -0.05) is 48.0 Å². The molecule has 1 unspecified atom stereocenters. The van der Waals surface area contributed by atoms with Crippen molar-refractivity contribution in [3.63, 3.8) is 0 Å². The lowest BCUT2D eigenvalue weighted by atomic mass is 10.1. The van der Waals surface area contributed by atoms with Gasteiger partial charge in [-0.2, -0.15) is 0 Å². The molecule has 0 aliphatic carbocycles. The summed E-state index contributed by atoms with van der Waals surface area (Å²) in [5.74, 6) is -0.0951. The van der Waals surface area contributed by atoms with Crippen LogP contribution in [0.4, 0.5) is 0 Å². The molecular weight excluding hydrogens is 252 g/mol. The van der Waals surface area contributed by atoms with Crippen LogP contribution in [0.25, 0.3) is 0 Å². The second-order valence-electron chi connectivity index (χ2n) is 4.29. The number of nitrogens with one attached hydrogen (secondary N) is 2. The Bertz CT molecular complexity index is 202. The van der Waals surface area contributed by atoms with E-state index >= 15 is 0 Å². The van der Waals surface area contributed by atoms with Gasteiger partial charge >= 0.3 is 0 Å². The van der Waals surface area contributed by atoms with Gasteiger partial charge in [0.1, 0.15) is 0 Å². The lowest BCUT2D eigenvalue weighted by Gasteiger charge is -2.12. The highest BCUT2D eigenvalue weighted by Gasteiger charge is 2.11. The zero-order chi connectivity index (χ0) is 16.4. The first kappa shape index (κ1) is 24.4. The quantitative estimate of drug-likeness (QED) is 0.492. The van der Waals surface area contributed by atoms with Gasteiger partial charge in [0.05, 0.1) is 6.04 Å². The summed E-state index contributed by atoms with van der Waals surface area (Å²) in [6.07, 6.45) is 2.75. The second kappa shape index (κ2) is 20.7. The van der Waals surface area contributed by atoms with Crippen molar-refractivity contribution in [2.45, 2.75) is 72.9 Å². The first-order valence-corrected chi connectivity index (χ1v) is 8.04. The predicted octanol–water partition coefficient (Wildman–Crippen LogP) is 2.59. The Balaban J connectivity index is -0.0000000668. The van der Waals surface area contributed by atoms with E-state index in [1.807, 2.05) is 27.7 Å². The van der Waals surface area contributed by atoms with Crippen LogP contribution in [-0.4, -0.2) is 37.6 Å². The molecule has 0 bridgehead atoms. The van der Waals surface area contributed by atoms with Crippen LogP contribution in [0.2, 0.25) is 0 Å². The SMILES string of the molecule is CC.CC.CC(C)NCCCCC(N)C(=O)NCCN.[HH].[HH].[HH].[HH]. The number of carbonyl (C=O) groups excluding carboxylic acids is 1. The van der Waals surface area contributed by atoms with Crippen LogP contribution in [0.1, 0.15) is 66.5 Å². The van der Waals surface area contributed by atoms with Crippen molar-refractivity contribution in [1.82, 2.24) is 10.6 Å². The number of amides is 1. The third-order valence-electron chi connectivity index (χ3n) is 2.27. The molecule has 0 fully saturated rings. The Hall–Kier alpha value is -0.650. The fraction of sp³-hybridized carbons (Fsp3) is 0.933. The van der Waals surface area contributed by atoms with E-state index < -0.39 is 6.04 Å². The molecule has 6 N–H and O–H groups in total. The van der Waals surface area contributed by atoms with E-state index in [-0.39, 0.29) is 11.6 Å². The smallest absolute Gasteiger partial charge is 0.236 e. The van der Waals surface area contributed by atoms with Crippen LogP contribution < -0.4 is 22.1 Å². The number of unbranched alkanes of at least 4 members (excludes halogenated alkanes) is 1. The number of hydrogen-bond donors (Lipinski definition) is 4. The van der Waals surface area contributed by atoms with E-state index in [1.165, 1.54) is 0 Å². The molecule has 1 atom stereocenters. The molecule has 0 heterocycles. The molecule has 0 aromatic heterocycles. The van der Waals surface area contributed by atoms with Crippen molar-refractivity contribution in [3.05, 3.63) is 0 Å². The molecule has 5 heteroatoms. The largest absolute Gasteiger partial charge is 0.353 e. The molecule has 5 nitrogen and oxygen atoms in total. The summed E-state index contributed by atoms with van der Waals surface area (Å²) < 4.78 is 0. The van der Waals surface area contributed by atoms with Crippen molar-refractivity contribution in [1.29, 1.82) is 0 Å². The van der Waals surface area contributed by atoms with E-state index in [1.54, 1.807) is 0 Å². The van der Waals surface area contributed by atoms with Crippen LogP contribution in [0, 0.1) is 0 Å². The molecule has 0 saturated heterocycles. The summed E-state index contributed by atoms with van der Waals surface area (Å²) in [6.45, 7) is 14.2. The fourth-order valence-electron chi connectivity index (χ4n) is 1.34. The molecule has 20 heavy (non-hydrogen) atoms. The van der Waals surface area contributed by atoms with E-state index in [9.17, 15) is 4.79 Å². The van der Waals surface area contributed by atoms with Crippen LogP contribution in [-0.2, 0) is 4.79 Å². The van der Waals surface area contributed by atoms with Gasteiger partial charge in [-0.15, -0.1) is 0 Å². The molecule has 0 radical (unpaired) electrons. The minimum Gasteiger partial charge on any atom is -0.353 e. The molecule has 1 amide bonds. The summed E-state index contributed by atoms with van der Waals surface area (Å²) in [7, 11) is 0. The first-order chi connectivity index (χ1) is 9.57. The van der Waals surface area contributed by atoms with Crippen LogP contribution in [0.5, 0.6) is 0 Å². The Morgan fingerprint density at radius 1 is 1.10 bits per heavy atom. The lowest BCUT2D eigenvalue weighted by molar-refractivity contribution is -0.122. The van der Waals surface area contributed by atoms with Gasteiger partial charge in [0.2, 0.25) is 5.91 Å². The summed E-state index contributed by atoms with van der Waals surface area (Å²) >= 11 is 0. The van der Waals surface area contributed by atoms with Gasteiger partial charge in [0, 0.05) is 24.8 Å². The van der Waals surface area contributed by atoms with Gasteiger partial charge in [0.25, 0.3) is 0 Å². The Labute approximate surface area is 132 Å². The zero-order valence-electron chi connectivity index (χ0n) is 14.5. The van der Waals surface area contributed by atoms with E-state index in [4.69, 9.17) is 11.5 Å². The van der Waals surface area contributed by atoms with Gasteiger partial charge in [-0.05, 0) is 19.4 Å². The normalized spacial score (nSPS) is 10.8. The molecule has 0 aromatic rings. The van der Waals surface area contributed by atoms with Crippen molar-refractivity contribution in [2.75, 3.05) is 19.6 Å². The highest BCUT2D eigenvalue weighted by atomic mass is 16.2. The monoisotopic (exact) mass is 298 g/mol. The van der Waals surface area contributed by atoms with Crippen LogP contribution >= 0.6 is 0 Å². The third kappa shape index (κ3) is 19.7. The average Bonchev–Trinajstić information content (AvgIpc) is 2.48. The topological polar surface area (TPSA) is 93.2 Å². The molecule has 132 valence electrons. The van der Waals surface area contributed by atoms with Crippen molar-refractivity contribution >= 4 is 5.91 Å². The lowest BCUT2D eigenvalue weighted by Crippen LogP contribution is -2.42. The Morgan fingerprint density at radius 3 is 2.10 bits per heavy atom. The fourth-order valence-corrected chi connectivity index (χ4v) is 1.34. The van der Waals surface area contributed by atoms with Gasteiger partial charge in [-0.25, -0.2) is 0 Å². The molecule has 0 spiro atoms. The van der Waals surface area contributed by atoms with Crippen LogP contribution in [0.15, 0.2) is 0 Å². The summed E-state index contributed by atoms with van der Waals surface area (Å²) in [4.78, 5) is 11.4.